The minimum Gasteiger partial charge on any atom is -0.396 e. The molecule has 0 heterocycles. The maximum atomic E-state index is 9.91. The molecule has 0 radical (unpaired) electrons. The van der Waals surface area contributed by atoms with E-state index in [9.17, 15) is 10.2 Å². The molecule has 0 aliphatic carbocycles. The largest absolute Gasteiger partial charge is 0.396 e. The second kappa shape index (κ2) is 5.69. The van der Waals surface area contributed by atoms with E-state index in [4.69, 9.17) is 5.11 Å². The minimum absolute atomic E-state index is 0.238. The van der Waals surface area contributed by atoms with Crippen LogP contribution in [0.5, 0.6) is 0 Å². The number of hydrogen-bond acceptors (Lipinski definition) is 3. The van der Waals surface area contributed by atoms with Crippen LogP contribution in [-0.2, 0) is 0 Å². The smallest absolute Gasteiger partial charge is 0.0900 e. The number of rotatable bonds is 7. The first-order valence-electron chi connectivity index (χ1n) is 5.37. The molecule has 0 aliphatic rings. The van der Waals surface area contributed by atoms with Gasteiger partial charge in [0, 0.05) is 6.61 Å². The number of aliphatic hydroxyl groups excluding tert-OH is 1. The molecule has 0 saturated carbocycles. The Balaban J connectivity index is 3.67. The Kier molecular flexibility index (Phi) is 5.64. The van der Waals surface area contributed by atoms with Gasteiger partial charge >= 0.3 is 0 Å². The fraction of sp³-hybridized carbons (Fsp3) is 1.00. The van der Waals surface area contributed by atoms with Crippen LogP contribution in [0.3, 0.4) is 0 Å². The topological polar surface area (TPSA) is 60.7 Å². The van der Waals surface area contributed by atoms with E-state index in [-0.39, 0.29) is 6.61 Å². The second-order valence-electron chi connectivity index (χ2n) is 4.72. The molecule has 1 atom stereocenters. The SMILES string of the molecule is CC(C)(O)C(C)(O)CCCCCCO. The van der Waals surface area contributed by atoms with Crippen molar-refractivity contribution in [2.24, 2.45) is 0 Å². The molecule has 0 aliphatic heterocycles. The molecular formula is C11H24O3. The first-order valence-corrected chi connectivity index (χ1v) is 5.37. The van der Waals surface area contributed by atoms with Crippen molar-refractivity contribution in [1.29, 1.82) is 0 Å². The maximum Gasteiger partial charge on any atom is 0.0900 e. The van der Waals surface area contributed by atoms with E-state index in [0.29, 0.717) is 6.42 Å². The van der Waals surface area contributed by atoms with Crippen LogP contribution < -0.4 is 0 Å². The average Bonchev–Trinajstić information content (AvgIpc) is 2.02. The van der Waals surface area contributed by atoms with Crippen molar-refractivity contribution < 1.29 is 15.3 Å². The second-order valence-corrected chi connectivity index (χ2v) is 4.72. The molecule has 3 nitrogen and oxygen atoms in total. The zero-order valence-electron chi connectivity index (χ0n) is 9.58. The van der Waals surface area contributed by atoms with E-state index in [1.54, 1.807) is 20.8 Å². The van der Waals surface area contributed by atoms with Gasteiger partial charge in [-0.25, -0.2) is 0 Å². The summed E-state index contributed by atoms with van der Waals surface area (Å²) < 4.78 is 0. The van der Waals surface area contributed by atoms with Gasteiger partial charge < -0.3 is 15.3 Å². The van der Waals surface area contributed by atoms with Gasteiger partial charge in [0.2, 0.25) is 0 Å². The lowest BCUT2D eigenvalue weighted by atomic mass is 9.83. The van der Waals surface area contributed by atoms with Crippen LogP contribution in [0, 0.1) is 0 Å². The van der Waals surface area contributed by atoms with Crippen molar-refractivity contribution in [2.45, 2.75) is 64.1 Å². The Labute approximate surface area is 86.8 Å². The Morgan fingerprint density at radius 1 is 0.857 bits per heavy atom. The summed E-state index contributed by atoms with van der Waals surface area (Å²) in [7, 11) is 0. The van der Waals surface area contributed by atoms with Crippen LogP contribution in [0.4, 0.5) is 0 Å². The van der Waals surface area contributed by atoms with Gasteiger partial charge in [0.05, 0.1) is 11.2 Å². The Morgan fingerprint density at radius 2 is 1.36 bits per heavy atom. The zero-order chi connectivity index (χ0) is 11.2. The molecule has 0 bridgehead atoms. The van der Waals surface area contributed by atoms with Gasteiger partial charge in [-0.1, -0.05) is 19.3 Å². The zero-order valence-corrected chi connectivity index (χ0v) is 9.58. The minimum atomic E-state index is -1.05. The first kappa shape index (κ1) is 13.9. The molecule has 86 valence electrons. The highest BCUT2D eigenvalue weighted by Gasteiger charge is 2.36. The molecule has 0 aromatic carbocycles. The van der Waals surface area contributed by atoms with Crippen LogP contribution in [-0.4, -0.2) is 33.1 Å². The molecule has 0 aromatic heterocycles. The van der Waals surface area contributed by atoms with Gasteiger partial charge in [-0.05, 0) is 33.6 Å². The van der Waals surface area contributed by atoms with Crippen molar-refractivity contribution in [3.05, 3.63) is 0 Å². The van der Waals surface area contributed by atoms with Gasteiger partial charge in [0.25, 0.3) is 0 Å². The highest BCUT2D eigenvalue weighted by atomic mass is 16.3. The van der Waals surface area contributed by atoms with Crippen LogP contribution in [0.1, 0.15) is 52.9 Å². The predicted molar refractivity (Wildman–Crippen MR) is 57.1 cm³/mol. The molecule has 1 unspecified atom stereocenters. The van der Waals surface area contributed by atoms with E-state index in [1.807, 2.05) is 0 Å². The first-order chi connectivity index (χ1) is 6.31. The number of unbranched alkanes of at least 4 members (excludes halogenated alkanes) is 3. The van der Waals surface area contributed by atoms with E-state index >= 15 is 0 Å². The molecule has 3 heteroatoms. The molecule has 0 rings (SSSR count). The third-order valence-corrected chi connectivity index (χ3v) is 2.89. The Morgan fingerprint density at radius 3 is 1.79 bits per heavy atom. The van der Waals surface area contributed by atoms with Gasteiger partial charge in [-0.15, -0.1) is 0 Å². The van der Waals surface area contributed by atoms with Crippen LogP contribution >= 0.6 is 0 Å². The van der Waals surface area contributed by atoms with E-state index in [0.717, 1.165) is 25.7 Å². The normalized spacial score (nSPS) is 16.7. The third kappa shape index (κ3) is 4.94. The summed E-state index contributed by atoms with van der Waals surface area (Å²) in [4.78, 5) is 0. The summed E-state index contributed by atoms with van der Waals surface area (Å²) >= 11 is 0. The summed E-state index contributed by atoms with van der Waals surface area (Å²) in [5.74, 6) is 0. The molecule has 0 aromatic rings. The standard InChI is InChI=1S/C11H24O3/c1-10(2,13)11(3,14)8-6-4-5-7-9-12/h12-14H,4-9H2,1-3H3. The Hall–Kier alpha value is -0.120. The van der Waals surface area contributed by atoms with E-state index < -0.39 is 11.2 Å². The monoisotopic (exact) mass is 204 g/mol. The molecule has 14 heavy (non-hydrogen) atoms. The molecule has 0 amide bonds. The molecule has 0 spiro atoms. The average molecular weight is 204 g/mol. The quantitative estimate of drug-likeness (QED) is 0.550. The summed E-state index contributed by atoms with van der Waals surface area (Å²) in [5, 5.41) is 28.1. The van der Waals surface area contributed by atoms with Crippen molar-refractivity contribution in [1.82, 2.24) is 0 Å². The fourth-order valence-electron chi connectivity index (χ4n) is 1.24. The summed E-state index contributed by atoms with van der Waals surface area (Å²) in [6.07, 6.45) is 4.29. The highest BCUT2D eigenvalue weighted by molar-refractivity contribution is 4.89. The molecule has 0 saturated heterocycles. The van der Waals surface area contributed by atoms with Crippen LogP contribution in [0.2, 0.25) is 0 Å². The lowest BCUT2D eigenvalue weighted by Crippen LogP contribution is -2.47. The van der Waals surface area contributed by atoms with Gasteiger partial charge in [0.15, 0.2) is 0 Å². The summed E-state index contributed by atoms with van der Waals surface area (Å²) in [6, 6.07) is 0. The molecule has 0 fully saturated rings. The van der Waals surface area contributed by atoms with Crippen molar-refractivity contribution in [3.63, 3.8) is 0 Å². The van der Waals surface area contributed by atoms with Crippen LogP contribution in [0.15, 0.2) is 0 Å². The fourth-order valence-corrected chi connectivity index (χ4v) is 1.24. The van der Waals surface area contributed by atoms with Gasteiger partial charge in [-0.2, -0.15) is 0 Å². The summed E-state index contributed by atoms with van der Waals surface area (Å²) in [6.45, 7) is 5.16. The Bertz CT molecular complexity index is 147. The lowest BCUT2D eigenvalue weighted by molar-refractivity contribution is -0.124. The summed E-state index contributed by atoms with van der Waals surface area (Å²) in [5.41, 5.74) is -2.07. The van der Waals surface area contributed by atoms with Crippen molar-refractivity contribution in [2.75, 3.05) is 6.61 Å². The van der Waals surface area contributed by atoms with Crippen LogP contribution in [0.25, 0.3) is 0 Å². The van der Waals surface area contributed by atoms with Gasteiger partial charge in [0.1, 0.15) is 0 Å². The number of aliphatic hydroxyl groups is 3. The molecule has 3 N–H and O–H groups in total. The van der Waals surface area contributed by atoms with Crippen molar-refractivity contribution >= 4 is 0 Å². The number of hydrogen-bond donors (Lipinski definition) is 3. The van der Waals surface area contributed by atoms with Crippen molar-refractivity contribution in [3.8, 4) is 0 Å². The lowest BCUT2D eigenvalue weighted by Gasteiger charge is -2.35. The predicted octanol–water partition coefficient (Wildman–Crippen LogP) is 1.45. The highest BCUT2D eigenvalue weighted by Crippen LogP contribution is 2.26. The third-order valence-electron chi connectivity index (χ3n) is 2.89. The van der Waals surface area contributed by atoms with Gasteiger partial charge in [-0.3, -0.25) is 0 Å². The molecular weight excluding hydrogens is 180 g/mol. The van der Waals surface area contributed by atoms with E-state index in [1.165, 1.54) is 0 Å². The maximum absolute atomic E-state index is 9.91. The van der Waals surface area contributed by atoms with E-state index in [2.05, 4.69) is 0 Å².